The van der Waals surface area contributed by atoms with Crippen molar-refractivity contribution in [3.8, 4) is 5.75 Å². The van der Waals surface area contributed by atoms with Crippen molar-refractivity contribution in [2.75, 3.05) is 13.1 Å². The van der Waals surface area contributed by atoms with Gasteiger partial charge in [0.2, 0.25) is 5.91 Å². The Morgan fingerprint density at radius 3 is 2.40 bits per heavy atom. The van der Waals surface area contributed by atoms with Crippen molar-refractivity contribution >= 4 is 18.3 Å². The van der Waals surface area contributed by atoms with E-state index >= 15 is 0 Å². The van der Waals surface area contributed by atoms with Crippen molar-refractivity contribution in [3.05, 3.63) is 65.7 Å². The van der Waals surface area contributed by atoms with E-state index in [0.717, 1.165) is 30.0 Å². The molecule has 0 aliphatic carbocycles. The Bertz CT molecular complexity index is 657. The van der Waals surface area contributed by atoms with E-state index in [2.05, 4.69) is 10.6 Å². The number of amides is 1. The van der Waals surface area contributed by atoms with Crippen LogP contribution in [0.25, 0.3) is 0 Å². The van der Waals surface area contributed by atoms with E-state index in [1.165, 1.54) is 0 Å². The highest BCUT2D eigenvalue weighted by Crippen LogP contribution is 2.17. The van der Waals surface area contributed by atoms with Gasteiger partial charge in [-0.1, -0.05) is 49.4 Å². The number of ether oxygens (including phenoxy) is 1. The summed E-state index contributed by atoms with van der Waals surface area (Å²) in [5.74, 6) is 1.51. The summed E-state index contributed by atoms with van der Waals surface area (Å²) in [7, 11) is 0. The van der Waals surface area contributed by atoms with Crippen molar-refractivity contribution in [2.45, 2.75) is 20.1 Å². The first-order valence-corrected chi connectivity index (χ1v) is 8.46. The molecule has 0 aromatic heterocycles. The molecule has 4 nitrogen and oxygen atoms in total. The van der Waals surface area contributed by atoms with E-state index in [0.29, 0.717) is 19.1 Å². The maximum atomic E-state index is 12.1. The molecule has 1 heterocycles. The Hall–Kier alpha value is -2.04. The Kier molecular flexibility index (Phi) is 7.29. The monoisotopic (exact) mass is 360 g/mol. The average molecular weight is 361 g/mol. The second-order valence-corrected chi connectivity index (χ2v) is 6.34. The molecule has 1 aliphatic rings. The second kappa shape index (κ2) is 9.44. The van der Waals surface area contributed by atoms with E-state index < -0.39 is 0 Å². The molecule has 5 heteroatoms. The number of benzene rings is 2. The Morgan fingerprint density at radius 2 is 1.80 bits per heavy atom. The molecule has 2 N–H and O–H groups in total. The Balaban J connectivity index is 0.00000225. The van der Waals surface area contributed by atoms with E-state index in [4.69, 9.17) is 4.74 Å². The number of halogens is 1. The zero-order valence-electron chi connectivity index (χ0n) is 14.4. The first-order valence-electron chi connectivity index (χ1n) is 8.46. The molecule has 3 rings (SSSR count). The largest absolute Gasteiger partial charge is 0.489 e. The van der Waals surface area contributed by atoms with Crippen LogP contribution in [0.15, 0.2) is 54.6 Å². The van der Waals surface area contributed by atoms with Crippen molar-refractivity contribution in [1.29, 1.82) is 0 Å². The molecule has 1 aliphatic heterocycles. The number of carbonyl (C=O) groups is 1. The fraction of sp³-hybridized carbons (Fsp3) is 0.350. The van der Waals surface area contributed by atoms with Crippen molar-refractivity contribution in [2.24, 2.45) is 11.8 Å². The molecule has 2 aromatic carbocycles. The average Bonchev–Trinajstić information content (AvgIpc) is 2.58. The zero-order valence-corrected chi connectivity index (χ0v) is 15.2. The molecule has 25 heavy (non-hydrogen) atoms. The van der Waals surface area contributed by atoms with Crippen LogP contribution >= 0.6 is 12.4 Å². The number of hydrogen-bond acceptors (Lipinski definition) is 3. The zero-order chi connectivity index (χ0) is 16.8. The van der Waals surface area contributed by atoms with Crippen LogP contribution in [-0.2, 0) is 17.9 Å². The van der Waals surface area contributed by atoms with E-state index in [9.17, 15) is 4.79 Å². The van der Waals surface area contributed by atoms with Crippen LogP contribution in [0, 0.1) is 11.8 Å². The highest BCUT2D eigenvalue weighted by Gasteiger charge is 2.28. The minimum atomic E-state index is 0. The van der Waals surface area contributed by atoms with Gasteiger partial charge in [0, 0.05) is 12.5 Å². The van der Waals surface area contributed by atoms with Crippen LogP contribution in [0.2, 0.25) is 0 Å². The molecule has 1 fully saturated rings. The molecule has 134 valence electrons. The molecule has 1 amide bonds. The summed E-state index contributed by atoms with van der Waals surface area (Å²) < 4.78 is 5.77. The lowest BCUT2D eigenvalue weighted by molar-refractivity contribution is -0.126. The fourth-order valence-electron chi connectivity index (χ4n) is 2.67. The molecule has 0 bridgehead atoms. The van der Waals surface area contributed by atoms with Gasteiger partial charge in [-0.3, -0.25) is 4.79 Å². The summed E-state index contributed by atoms with van der Waals surface area (Å²) in [5.41, 5.74) is 2.22. The summed E-state index contributed by atoms with van der Waals surface area (Å²) in [5, 5.41) is 6.22. The maximum absolute atomic E-state index is 12.1. The van der Waals surface area contributed by atoms with Crippen molar-refractivity contribution in [3.63, 3.8) is 0 Å². The molecule has 1 unspecified atom stereocenters. The van der Waals surface area contributed by atoms with E-state index in [1.807, 2.05) is 61.5 Å². The number of carbonyl (C=O) groups excluding carboxylic acids is 1. The van der Waals surface area contributed by atoms with Gasteiger partial charge < -0.3 is 15.4 Å². The van der Waals surface area contributed by atoms with Crippen molar-refractivity contribution in [1.82, 2.24) is 10.6 Å². The molecule has 1 atom stereocenters. The Morgan fingerprint density at radius 1 is 1.12 bits per heavy atom. The molecule has 0 radical (unpaired) electrons. The van der Waals surface area contributed by atoms with Gasteiger partial charge in [-0.05, 0) is 42.3 Å². The summed E-state index contributed by atoms with van der Waals surface area (Å²) in [6.07, 6.45) is 0. The third-order valence-electron chi connectivity index (χ3n) is 4.57. The highest BCUT2D eigenvalue weighted by molar-refractivity contribution is 5.85. The fourth-order valence-corrected chi connectivity index (χ4v) is 2.67. The van der Waals surface area contributed by atoms with Crippen LogP contribution in [0.3, 0.4) is 0 Å². The topological polar surface area (TPSA) is 50.4 Å². The van der Waals surface area contributed by atoms with Gasteiger partial charge in [-0.2, -0.15) is 0 Å². The minimum absolute atomic E-state index is 0. The van der Waals surface area contributed by atoms with Gasteiger partial charge in [0.05, 0.1) is 0 Å². The molecule has 2 aromatic rings. The second-order valence-electron chi connectivity index (χ2n) is 6.34. The maximum Gasteiger partial charge on any atom is 0.223 e. The molecule has 1 saturated heterocycles. The summed E-state index contributed by atoms with van der Waals surface area (Å²) in [4.78, 5) is 12.1. The van der Waals surface area contributed by atoms with Gasteiger partial charge in [0.15, 0.2) is 0 Å². The van der Waals surface area contributed by atoms with Crippen LogP contribution in [0.5, 0.6) is 5.75 Å². The number of rotatable bonds is 7. The number of hydrogen-bond donors (Lipinski definition) is 2. The Labute approximate surface area is 155 Å². The first kappa shape index (κ1) is 19.3. The third-order valence-corrected chi connectivity index (χ3v) is 4.57. The van der Waals surface area contributed by atoms with Gasteiger partial charge in [-0.15, -0.1) is 12.4 Å². The van der Waals surface area contributed by atoms with Gasteiger partial charge >= 0.3 is 0 Å². The quantitative estimate of drug-likeness (QED) is 0.797. The van der Waals surface area contributed by atoms with Crippen LogP contribution < -0.4 is 15.4 Å². The predicted octanol–water partition coefficient (Wildman–Crippen LogP) is 3.16. The molecular formula is C20H25ClN2O2. The highest BCUT2D eigenvalue weighted by atomic mass is 35.5. The summed E-state index contributed by atoms with van der Waals surface area (Å²) in [6.45, 7) is 5.01. The van der Waals surface area contributed by atoms with Crippen LogP contribution in [0.4, 0.5) is 0 Å². The smallest absolute Gasteiger partial charge is 0.223 e. The van der Waals surface area contributed by atoms with Crippen LogP contribution in [0.1, 0.15) is 18.1 Å². The molecular weight excluding hydrogens is 336 g/mol. The lowest BCUT2D eigenvalue weighted by Crippen LogP contribution is -2.49. The van der Waals surface area contributed by atoms with E-state index in [-0.39, 0.29) is 24.2 Å². The summed E-state index contributed by atoms with van der Waals surface area (Å²) >= 11 is 0. The predicted molar refractivity (Wildman–Crippen MR) is 102 cm³/mol. The molecule has 0 spiro atoms. The number of nitrogens with one attached hydrogen (secondary N) is 2. The third kappa shape index (κ3) is 5.48. The lowest BCUT2D eigenvalue weighted by atomic mass is 9.88. The van der Waals surface area contributed by atoms with Crippen molar-refractivity contribution < 1.29 is 9.53 Å². The summed E-state index contributed by atoms with van der Waals surface area (Å²) in [6, 6.07) is 18.0. The lowest BCUT2D eigenvalue weighted by Gasteiger charge is -2.31. The van der Waals surface area contributed by atoms with Gasteiger partial charge in [0.25, 0.3) is 0 Å². The van der Waals surface area contributed by atoms with E-state index in [1.54, 1.807) is 0 Å². The normalized spacial score (nSPS) is 14.8. The molecule has 0 saturated carbocycles. The minimum Gasteiger partial charge on any atom is -0.489 e. The van der Waals surface area contributed by atoms with Gasteiger partial charge in [0.1, 0.15) is 12.4 Å². The van der Waals surface area contributed by atoms with Gasteiger partial charge in [-0.25, -0.2) is 0 Å². The standard InChI is InChI=1S/C20H24N2O2.ClH/c1-15(18-12-21-13-18)20(23)22-11-16-7-9-19(10-8-16)24-14-17-5-3-2-4-6-17;/h2-10,15,18,21H,11-14H2,1H3,(H,22,23);1H. The SMILES string of the molecule is CC(C(=O)NCc1ccc(OCc2ccccc2)cc1)C1CNC1.Cl. The first-order chi connectivity index (χ1) is 11.7. The van der Waals surface area contributed by atoms with Crippen LogP contribution in [-0.4, -0.2) is 19.0 Å².